The van der Waals surface area contributed by atoms with Crippen LogP contribution >= 0.6 is 27.5 Å². The molecule has 2 aromatic carbocycles. The molecule has 1 N–H and O–H groups in total. The molecule has 7 nitrogen and oxygen atoms in total. The molecule has 9 heteroatoms. The van der Waals surface area contributed by atoms with Gasteiger partial charge >= 0.3 is 6.03 Å². The predicted octanol–water partition coefficient (Wildman–Crippen LogP) is 4.94. The van der Waals surface area contributed by atoms with Crippen molar-refractivity contribution in [3.8, 4) is 5.75 Å². The summed E-state index contributed by atoms with van der Waals surface area (Å²) >= 11 is 9.59. The Balaban J connectivity index is 1.63. The van der Waals surface area contributed by atoms with Crippen LogP contribution in [0.15, 0.2) is 75.3 Å². The third-order valence-corrected chi connectivity index (χ3v) is 5.55. The van der Waals surface area contributed by atoms with E-state index in [9.17, 15) is 14.4 Å². The van der Waals surface area contributed by atoms with E-state index >= 15 is 0 Å². The highest BCUT2D eigenvalue weighted by Crippen LogP contribution is 2.28. The van der Waals surface area contributed by atoms with Gasteiger partial charge in [0, 0.05) is 20.6 Å². The molecule has 0 unspecified atom stereocenters. The number of nitrogens with zero attached hydrogens (tertiary/aromatic N) is 1. The molecular formula is C23H16BrClN2O5. The number of benzene rings is 2. The van der Waals surface area contributed by atoms with E-state index in [1.54, 1.807) is 36.4 Å². The summed E-state index contributed by atoms with van der Waals surface area (Å²) in [5, 5.41) is 2.76. The zero-order chi connectivity index (χ0) is 22.7. The van der Waals surface area contributed by atoms with Crippen molar-refractivity contribution >= 4 is 51.5 Å². The van der Waals surface area contributed by atoms with Crippen molar-refractivity contribution in [3.05, 3.63) is 92.8 Å². The van der Waals surface area contributed by atoms with E-state index in [0.717, 1.165) is 14.9 Å². The van der Waals surface area contributed by atoms with Crippen molar-refractivity contribution in [2.75, 3.05) is 0 Å². The number of nitrogens with one attached hydrogen (secondary N) is 1. The zero-order valence-electron chi connectivity index (χ0n) is 16.5. The van der Waals surface area contributed by atoms with Gasteiger partial charge in [-0.1, -0.05) is 45.7 Å². The van der Waals surface area contributed by atoms with Crippen molar-refractivity contribution in [2.24, 2.45) is 0 Å². The molecule has 4 rings (SSSR count). The summed E-state index contributed by atoms with van der Waals surface area (Å²) in [6, 6.07) is 15.0. The van der Waals surface area contributed by atoms with E-state index in [2.05, 4.69) is 21.2 Å². The Hall–Kier alpha value is -3.36. The molecule has 0 atom stereocenters. The van der Waals surface area contributed by atoms with Crippen LogP contribution in [0, 0.1) is 0 Å². The average Bonchev–Trinajstić information content (AvgIpc) is 3.28. The number of urea groups is 1. The fourth-order valence-electron chi connectivity index (χ4n) is 3.09. The summed E-state index contributed by atoms with van der Waals surface area (Å²) in [4.78, 5) is 38.5. The van der Waals surface area contributed by atoms with Gasteiger partial charge in [0.1, 0.15) is 23.7 Å². The predicted molar refractivity (Wildman–Crippen MR) is 121 cm³/mol. The number of hydrogen-bond donors (Lipinski definition) is 1. The third-order valence-electron chi connectivity index (χ3n) is 4.69. The third kappa shape index (κ3) is 4.76. The van der Waals surface area contributed by atoms with Gasteiger partial charge in [-0.05, 0) is 42.5 Å². The molecule has 0 radical (unpaired) electrons. The van der Waals surface area contributed by atoms with Gasteiger partial charge < -0.3 is 9.15 Å². The molecule has 1 aliphatic rings. The molecule has 0 spiro atoms. The van der Waals surface area contributed by atoms with Crippen molar-refractivity contribution in [1.82, 2.24) is 10.2 Å². The van der Waals surface area contributed by atoms with Crippen molar-refractivity contribution < 1.29 is 23.5 Å². The first kappa shape index (κ1) is 21.9. The van der Waals surface area contributed by atoms with Gasteiger partial charge in [-0.15, -0.1) is 0 Å². The summed E-state index contributed by atoms with van der Waals surface area (Å²) < 4.78 is 11.9. The second-order valence-electron chi connectivity index (χ2n) is 6.85. The standard InChI is InChI=1S/C23H16BrClN2O5/c24-16-7-8-20(32-13-14-4-1-2-6-19(14)25)15(10-16)11-18-21(28)26-23(30)27(22(18)29)12-17-5-3-9-31-17/h1-11H,12-13H2,(H,26,28,30)/b18-11+. The molecule has 0 bridgehead atoms. The van der Waals surface area contributed by atoms with Crippen LogP contribution in [0.4, 0.5) is 4.79 Å². The van der Waals surface area contributed by atoms with Gasteiger partial charge in [0.05, 0.1) is 12.8 Å². The van der Waals surface area contributed by atoms with Crippen LogP contribution in [0.5, 0.6) is 5.75 Å². The fraction of sp³-hybridized carbons (Fsp3) is 0.0870. The lowest BCUT2D eigenvalue weighted by molar-refractivity contribution is -0.130. The minimum Gasteiger partial charge on any atom is -0.488 e. The van der Waals surface area contributed by atoms with Gasteiger partial charge in [0.25, 0.3) is 11.8 Å². The molecule has 162 valence electrons. The maximum Gasteiger partial charge on any atom is 0.331 e. The fourth-order valence-corrected chi connectivity index (χ4v) is 3.66. The Morgan fingerprint density at radius 1 is 1.09 bits per heavy atom. The van der Waals surface area contributed by atoms with Crippen LogP contribution in [0.1, 0.15) is 16.9 Å². The quantitative estimate of drug-likeness (QED) is 0.371. The summed E-state index contributed by atoms with van der Waals surface area (Å²) in [6.45, 7) is 0.0946. The largest absolute Gasteiger partial charge is 0.488 e. The zero-order valence-corrected chi connectivity index (χ0v) is 18.9. The second kappa shape index (κ2) is 9.42. The van der Waals surface area contributed by atoms with Gasteiger partial charge in [0.15, 0.2) is 0 Å². The first-order chi connectivity index (χ1) is 15.4. The highest BCUT2D eigenvalue weighted by molar-refractivity contribution is 9.10. The number of imide groups is 2. The maximum atomic E-state index is 13.0. The Morgan fingerprint density at radius 2 is 1.91 bits per heavy atom. The first-order valence-electron chi connectivity index (χ1n) is 9.49. The van der Waals surface area contributed by atoms with Crippen LogP contribution in [0.2, 0.25) is 5.02 Å². The number of halogens is 2. The van der Waals surface area contributed by atoms with Crippen molar-refractivity contribution in [1.29, 1.82) is 0 Å². The van der Waals surface area contributed by atoms with E-state index in [0.29, 0.717) is 22.1 Å². The normalized spacial score (nSPS) is 15.2. The van der Waals surface area contributed by atoms with Crippen LogP contribution in [0.3, 0.4) is 0 Å². The average molecular weight is 516 g/mol. The highest BCUT2D eigenvalue weighted by Gasteiger charge is 2.36. The van der Waals surface area contributed by atoms with E-state index < -0.39 is 17.8 Å². The summed E-state index contributed by atoms with van der Waals surface area (Å²) in [5.41, 5.74) is 1.08. The van der Waals surface area contributed by atoms with Crippen LogP contribution in [-0.2, 0) is 22.7 Å². The van der Waals surface area contributed by atoms with Gasteiger partial charge in [-0.25, -0.2) is 4.79 Å². The van der Waals surface area contributed by atoms with E-state index in [4.69, 9.17) is 20.8 Å². The highest BCUT2D eigenvalue weighted by atomic mass is 79.9. The lowest BCUT2D eigenvalue weighted by atomic mass is 10.1. The van der Waals surface area contributed by atoms with Crippen LogP contribution < -0.4 is 10.1 Å². The second-order valence-corrected chi connectivity index (χ2v) is 8.17. The number of hydrogen-bond acceptors (Lipinski definition) is 5. The van der Waals surface area contributed by atoms with Crippen LogP contribution in [0.25, 0.3) is 6.08 Å². The van der Waals surface area contributed by atoms with Crippen molar-refractivity contribution in [3.63, 3.8) is 0 Å². The number of carbonyl (C=O) groups excluding carboxylic acids is 3. The summed E-state index contributed by atoms with van der Waals surface area (Å²) in [5.74, 6) is -0.663. The maximum absolute atomic E-state index is 13.0. The molecule has 2 heterocycles. The lowest BCUT2D eigenvalue weighted by Gasteiger charge is -2.25. The molecule has 0 saturated carbocycles. The number of amides is 4. The Bertz CT molecular complexity index is 1220. The monoisotopic (exact) mass is 514 g/mol. The number of barbiturate groups is 1. The lowest BCUT2D eigenvalue weighted by Crippen LogP contribution is -2.53. The minimum absolute atomic E-state index is 0.101. The van der Waals surface area contributed by atoms with Crippen molar-refractivity contribution in [2.45, 2.75) is 13.2 Å². The summed E-state index contributed by atoms with van der Waals surface area (Å²) in [7, 11) is 0. The molecular weight excluding hydrogens is 500 g/mol. The molecule has 0 aliphatic carbocycles. The molecule has 3 aromatic rings. The van der Waals surface area contributed by atoms with Gasteiger partial charge in [-0.2, -0.15) is 0 Å². The topological polar surface area (TPSA) is 88.9 Å². The smallest absolute Gasteiger partial charge is 0.331 e. The SMILES string of the molecule is O=C1NC(=O)N(Cc2ccco2)C(=O)/C1=C/c1cc(Br)ccc1OCc1ccccc1Cl. The van der Waals surface area contributed by atoms with Crippen LogP contribution in [-0.4, -0.2) is 22.7 Å². The van der Waals surface area contributed by atoms with E-state index in [-0.39, 0.29) is 18.7 Å². The Kier molecular flexibility index (Phi) is 6.43. The minimum atomic E-state index is -0.807. The number of carbonyl (C=O) groups is 3. The number of furan rings is 1. The molecule has 32 heavy (non-hydrogen) atoms. The molecule has 1 aromatic heterocycles. The first-order valence-corrected chi connectivity index (χ1v) is 10.7. The Labute approximate surface area is 196 Å². The number of ether oxygens (including phenoxy) is 1. The van der Waals surface area contributed by atoms with E-state index in [1.807, 2.05) is 18.2 Å². The molecule has 1 fully saturated rings. The molecule has 1 aliphatic heterocycles. The van der Waals surface area contributed by atoms with Gasteiger partial charge in [0.2, 0.25) is 0 Å². The number of rotatable bonds is 6. The summed E-state index contributed by atoms with van der Waals surface area (Å²) in [6.07, 6.45) is 2.83. The van der Waals surface area contributed by atoms with Gasteiger partial charge in [-0.3, -0.25) is 19.8 Å². The van der Waals surface area contributed by atoms with E-state index in [1.165, 1.54) is 12.3 Å². The molecule has 4 amide bonds. The molecule has 1 saturated heterocycles. The Morgan fingerprint density at radius 3 is 2.66 bits per heavy atom.